The van der Waals surface area contributed by atoms with Gasteiger partial charge in [0.1, 0.15) is 0 Å². The van der Waals surface area contributed by atoms with Crippen molar-refractivity contribution in [3.8, 4) is 0 Å². The van der Waals surface area contributed by atoms with Gasteiger partial charge in [-0.05, 0) is 49.2 Å². The highest BCUT2D eigenvalue weighted by Gasteiger charge is 2.43. The molecular weight excluding hydrogens is 402 g/mol. The lowest BCUT2D eigenvalue weighted by molar-refractivity contribution is 0.0328. The summed E-state index contributed by atoms with van der Waals surface area (Å²) in [5.41, 5.74) is 3.72. The van der Waals surface area contributed by atoms with Crippen molar-refractivity contribution in [2.24, 2.45) is 17.8 Å². The van der Waals surface area contributed by atoms with E-state index >= 15 is 0 Å². The zero-order valence-electron chi connectivity index (χ0n) is 19.4. The summed E-state index contributed by atoms with van der Waals surface area (Å²) in [5, 5.41) is 21.1. The van der Waals surface area contributed by atoms with Gasteiger partial charge in [0.2, 0.25) is 0 Å². The number of benzene rings is 1. The van der Waals surface area contributed by atoms with Gasteiger partial charge in [0.05, 0.1) is 32.0 Å². The summed E-state index contributed by atoms with van der Waals surface area (Å²) < 4.78 is 11.4. The molecule has 3 aliphatic rings. The monoisotopic (exact) mass is 441 g/mol. The lowest BCUT2D eigenvalue weighted by Gasteiger charge is -2.26. The van der Waals surface area contributed by atoms with Crippen molar-refractivity contribution in [2.75, 3.05) is 46.1 Å². The van der Waals surface area contributed by atoms with Crippen LogP contribution in [0.4, 0.5) is 0 Å². The molecule has 1 saturated heterocycles. The fourth-order valence-corrected chi connectivity index (χ4v) is 5.54. The third-order valence-electron chi connectivity index (χ3n) is 7.19. The predicted molar refractivity (Wildman–Crippen MR) is 127 cm³/mol. The number of aliphatic hydroxyl groups excluding tert-OH is 2. The van der Waals surface area contributed by atoms with Crippen molar-refractivity contribution in [1.29, 1.82) is 0 Å². The van der Waals surface area contributed by atoms with Gasteiger partial charge in [-0.15, -0.1) is 0 Å². The predicted octanol–water partition coefficient (Wildman–Crippen LogP) is 3.14. The highest BCUT2D eigenvalue weighted by Crippen LogP contribution is 2.47. The molecule has 0 amide bonds. The second kappa shape index (κ2) is 11.6. The van der Waals surface area contributed by atoms with Crippen LogP contribution in [0, 0.1) is 24.7 Å². The molecule has 0 aromatic heterocycles. The first-order chi connectivity index (χ1) is 15.6. The van der Waals surface area contributed by atoms with Crippen LogP contribution in [0.3, 0.4) is 0 Å². The molecule has 1 aliphatic heterocycles. The summed E-state index contributed by atoms with van der Waals surface area (Å²) in [5.74, 6) is 0.974. The summed E-state index contributed by atoms with van der Waals surface area (Å²) in [6.45, 7) is 8.41. The van der Waals surface area contributed by atoms with Crippen molar-refractivity contribution in [3.63, 3.8) is 0 Å². The summed E-state index contributed by atoms with van der Waals surface area (Å²) in [6, 6.07) is 8.27. The second-order valence-corrected chi connectivity index (χ2v) is 9.74. The molecule has 2 aliphatic carbocycles. The highest BCUT2D eigenvalue weighted by atomic mass is 16.5. The molecular formula is C27H39NO4. The lowest BCUT2D eigenvalue weighted by atomic mass is 9.89. The minimum atomic E-state index is -0.522. The fraction of sp³-hybridized carbons (Fsp3) is 0.630. The van der Waals surface area contributed by atoms with Crippen LogP contribution in [0.15, 0.2) is 48.1 Å². The molecule has 1 saturated carbocycles. The molecule has 0 radical (unpaired) electrons. The van der Waals surface area contributed by atoms with Crippen LogP contribution in [-0.4, -0.2) is 73.4 Å². The smallest absolute Gasteiger partial charge is 0.0761 e. The third-order valence-corrected chi connectivity index (χ3v) is 7.19. The first-order valence-corrected chi connectivity index (χ1v) is 12.3. The van der Waals surface area contributed by atoms with Crippen LogP contribution in [0.1, 0.15) is 30.4 Å². The van der Waals surface area contributed by atoms with Gasteiger partial charge in [0, 0.05) is 38.6 Å². The fourth-order valence-electron chi connectivity index (χ4n) is 5.54. The topological polar surface area (TPSA) is 62.2 Å². The van der Waals surface area contributed by atoms with Gasteiger partial charge in [-0.25, -0.2) is 0 Å². The van der Waals surface area contributed by atoms with E-state index in [0.29, 0.717) is 24.9 Å². The Morgan fingerprint density at radius 2 is 2.12 bits per heavy atom. The minimum Gasteiger partial charge on any atom is -0.392 e. The Bertz CT molecular complexity index is 786. The Morgan fingerprint density at radius 1 is 1.28 bits per heavy atom. The molecule has 4 rings (SSSR count). The Hall–Kier alpha value is -1.50. The van der Waals surface area contributed by atoms with Crippen molar-refractivity contribution in [2.45, 2.75) is 44.8 Å². The Kier molecular flexibility index (Phi) is 8.55. The quantitative estimate of drug-likeness (QED) is 0.432. The molecule has 176 valence electrons. The number of rotatable bonds is 10. The second-order valence-electron chi connectivity index (χ2n) is 9.74. The number of hydrogen-bond donors (Lipinski definition) is 2. The molecule has 1 aromatic carbocycles. The SMILES string of the molecule is Cc1cccc(C[C@H](O)/C=C/[C@@H]2[C@H]3CC(COCCCN4CCOCC4)=C[C@H]3C[C@H]2O)c1. The Morgan fingerprint density at radius 3 is 2.94 bits per heavy atom. The van der Waals surface area contributed by atoms with Crippen molar-refractivity contribution in [1.82, 2.24) is 4.90 Å². The zero-order chi connectivity index (χ0) is 22.3. The van der Waals surface area contributed by atoms with Gasteiger partial charge in [0.25, 0.3) is 0 Å². The molecule has 5 heteroatoms. The molecule has 5 atom stereocenters. The number of fused-ring (bicyclic) bond motifs is 1. The number of allylic oxidation sites excluding steroid dienone is 1. The number of aryl methyl sites for hydroxylation is 1. The van der Waals surface area contributed by atoms with Gasteiger partial charge in [-0.1, -0.05) is 48.1 Å². The number of aliphatic hydroxyl groups is 2. The maximum Gasteiger partial charge on any atom is 0.0761 e. The third kappa shape index (κ3) is 6.52. The van der Waals surface area contributed by atoms with Crippen LogP contribution in [0.25, 0.3) is 0 Å². The van der Waals surface area contributed by atoms with Crippen molar-refractivity contribution >= 4 is 0 Å². The van der Waals surface area contributed by atoms with E-state index in [0.717, 1.165) is 64.3 Å². The summed E-state index contributed by atoms with van der Waals surface area (Å²) in [6.07, 6.45) is 8.93. The summed E-state index contributed by atoms with van der Waals surface area (Å²) in [7, 11) is 0. The maximum atomic E-state index is 10.6. The molecule has 2 N–H and O–H groups in total. The van der Waals surface area contributed by atoms with E-state index in [-0.39, 0.29) is 12.0 Å². The molecule has 0 spiro atoms. The average Bonchev–Trinajstić information content (AvgIpc) is 3.29. The van der Waals surface area contributed by atoms with Crippen LogP contribution >= 0.6 is 0 Å². The van der Waals surface area contributed by atoms with Crippen LogP contribution in [0.2, 0.25) is 0 Å². The van der Waals surface area contributed by atoms with Gasteiger partial charge in [0.15, 0.2) is 0 Å². The number of nitrogens with zero attached hydrogens (tertiary/aromatic N) is 1. The van der Waals surface area contributed by atoms with Crippen molar-refractivity contribution in [3.05, 3.63) is 59.2 Å². The molecule has 1 aromatic rings. The first-order valence-electron chi connectivity index (χ1n) is 12.3. The first kappa shape index (κ1) is 23.7. The Balaban J connectivity index is 1.19. The van der Waals surface area contributed by atoms with E-state index in [9.17, 15) is 10.2 Å². The lowest BCUT2D eigenvalue weighted by Crippen LogP contribution is -2.37. The van der Waals surface area contributed by atoms with E-state index in [1.165, 1.54) is 11.1 Å². The van der Waals surface area contributed by atoms with Gasteiger partial charge < -0.3 is 19.7 Å². The Labute approximate surface area is 192 Å². The molecule has 1 heterocycles. The highest BCUT2D eigenvalue weighted by molar-refractivity contribution is 5.24. The molecule has 0 bridgehead atoms. The molecule has 0 unspecified atom stereocenters. The molecule has 5 nitrogen and oxygen atoms in total. The number of ether oxygens (including phenoxy) is 2. The van der Waals surface area contributed by atoms with Crippen LogP contribution < -0.4 is 0 Å². The summed E-state index contributed by atoms with van der Waals surface area (Å²) >= 11 is 0. The van der Waals surface area contributed by atoms with E-state index in [1.807, 2.05) is 12.1 Å². The van der Waals surface area contributed by atoms with Crippen LogP contribution in [-0.2, 0) is 15.9 Å². The molecule has 32 heavy (non-hydrogen) atoms. The average molecular weight is 442 g/mol. The van der Waals surface area contributed by atoms with Gasteiger partial charge >= 0.3 is 0 Å². The molecule has 2 fully saturated rings. The van der Waals surface area contributed by atoms with Gasteiger partial charge in [-0.3, -0.25) is 4.90 Å². The van der Waals surface area contributed by atoms with E-state index < -0.39 is 6.10 Å². The maximum absolute atomic E-state index is 10.6. The largest absolute Gasteiger partial charge is 0.392 e. The van der Waals surface area contributed by atoms with Crippen LogP contribution in [0.5, 0.6) is 0 Å². The number of hydrogen-bond acceptors (Lipinski definition) is 5. The van der Waals surface area contributed by atoms with E-state index in [1.54, 1.807) is 0 Å². The van der Waals surface area contributed by atoms with E-state index in [2.05, 4.69) is 42.2 Å². The zero-order valence-corrected chi connectivity index (χ0v) is 19.4. The standard InChI is InChI=1S/C27H39NO4/c1-20-4-2-5-21(14-20)16-24(29)6-7-25-26-17-22(15-23(26)18-27(25)30)19-32-11-3-8-28-9-12-31-13-10-28/h2,4-7,14-15,23-27,29-30H,3,8-13,16-19H2,1H3/b7-6+/t23-,24+,25+,26-,27+/m0/s1. The van der Waals surface area contributed by atoms with E-state index in [4.69, 9.17) is 9.47 Å². The minimum absolute atomic E-state index is 0.113. The van der Waals surface area contributed by atoms with Gasteiger partial charge in [-0.2, -0.15) is 0 Å². The summed E-state index contributed by atoms with van der Waals surface area (Å²) in [4.78, 5) is 2.44. The van der Waals surface area contributed by atoms with Crippen molar-refractivity contribution < 1.29 is 19.7 Å². The normalized spacial score (nSPS) is 29.4. The number of morpholine rings is 1.